The predicted molar refractivity (Wildman–Crippen MR) is 185 cm³/mol. The SMILES string of the molecule is Cn1c(=O)n(-c2ccc(OCc3ccccc3)nc2OCc2ccccc2)c2cccc(N3CC4CN(C(=O)OC(C)(C)C)CC4C3)c21. The van der Waals surface area contributed by atoms with Crippen LogP contribution in [-0.2, 0) is 25.0 Å². The van der Waals surface area contributed by atoms with Gasteiger partial charge in [-0.2, -0.15) is 4.98 Å². The van der Waals surface area contributed by atoms with E-state index < -0.39 is 5.60 Å². The topological polar surface area (TPSA) is 91.1 Å². The Morgan fingerprint density at radius 1 is 0.771 bits per heavy atom. The number of likely N-dealkylation sites (tertiary alicyclic amines) is 1. The van der Waals surface area contributed by atoms with Crippen LogP contribution in [0.4, 0.5) is 10.5 Å². The number of amides is 1. The molecule has 10 heteroatoms. The van der Waals surface area contributed by atoms with Crippen LogP contribution < -0.4 is 20.1 Å². The number of fused-ring (bicyclic) bond motifs is 2. The van der Waals surface area contributed by atoms with E-state index in [1.807, 2.05) is 105 Å². The molecule has 0 radical (unpaired) electrons. The third-order valence-corrected chi connectivity index (χ3v) is 9.03. The molecule has 1 amide bonds. The molecule has 2 fully saturated rings. The summed E-state index contributed by atoms with van der Waals surface area (Å²) < 4.78 is 21.4. The van der Waals surface area contributed by atoms with Gasteiger partial charge in [0.15, 0.2) is 0 Å². The normalized spacial score (nSPS) is 17.5. The Labute approximate surface area is 280 Å². The van der Waals surface area contributed by atoms with Crippen molar-refractivity contribution in [2.45, 2.75) is 39.6 Å². The summed E-state index contributed by atoms with van der Waals surface area (Å²) in [5.74, 6) is 1.38. The van der Waals surface area contributed by atoms with E-state index in [0.29, 0.717) is 49.0 Å². The van der Waals surface area contributed by atoms with Gasteiger partial charge in [0.25, 0.3) is 0 Å². The van der Waals surface area contributed by atoms with Gasteiger partial charge in [0.05, 0.1) is 16.7 Å². The molecule has 2 aliphatic heterocycles. The molecular weight excluding hydrogens is 606 g/mol. The van der Waals surface area contributed by atoms with Crippen LogP contribution in [0.25, 0.3) is 16.7 Å². The largest absolute Gasteiger partial charge is 0.473 e. The number of benzene rings is 3. The summed E-state index contributed by atoms with van der Waals surface area (Å²) in [6.45, 7) is 9.24. The molecule has 0 spiro atoms. The number of hydrogen-bond donors (Lipinski definition) is 0. The zero-order chi connectivity index (χ0) is 33.4. The molecule has 2 saturated heterocycles. The third-order valence-electron chi connectivity index (χ3n) is 9.03. The minimum Gasteiger partial charge on any atom is -0.473 e. The lowest BCUT2D eigenvalue weighted by Crippen LogP contribution is -2.37. The standard InChI is InChI=1S/C38H41N5O5/c1-38(2,3)48-37(45)42-22-28-20-41(21-29(28)23-42)30-16-11-17-31-34(30)40(4)36(44)43(31)32-18-19-33(46-24-26-12-7-5-8-13-26)39-35(32)47-25-27-14-9-6-10-15-27/h5-19,28-29H,20-25H2,1-4H3. The number of para-hydroxylation sites is 1. The molecule has 2 atom stereocenters. The van der Waals surface area contributed by atoms with Gasteiger partial charge < -0.3 is 24.0 Å². The van der Waals surface area contributed by atoms with Gasteiger partial charge in [0.2, 0.25) is 11.8 Å². The molecule has 4 heterocycles. The van der Waals surface area contributed by atoms with Crippen LogP contribution in [0.15, 0.2) is 95.8 Å². The first-order chi connectivity index (χ1) is 23.1. The summed E-state index contributed by atoms with van der Waals surface area (Å²) in [7, 11) is 1.81. The van der Waals surface area contributed by atoms with Crippen molar-refractivity contribution in [2.75, 3.05) is 31.1 Å². The number of rotatable bonds is 8. The van der Waals surface area contributed by atoms with Crippen LogP contribution in [-0.4, -0.2) is 56.9 Å². The molecule has 5 aromatic rings. The number of nitrogens with zero attached hydrogens (tertiary/aromatic N) is 5. The lowest BCUT2D eigenvalue weighted by molar-refractivity contribution is 0.0282. The lowest BCUT2D eigenvalue weighted by atomic mass is 10.0. The monoisotopic (exact) mass is 647 g/mol. The van der Waals surface area contributed by atoms with Crippen molar-refractivity contribution in [3.8, 4) is 17.4 Å². The molecule has 0 aliphatic carbocycles. The zero-order valence-electron chi connectivity index (χ0n) is 27.8. The Kier molecular flexibility index (Phi) is 8.33. The Balaban J connectivity index is 1.19. The number of carbonyl (C=O) groups is 1. The van der Waals surface area contributed by atoms with Crippen LogP contribution in [0.1, 0.15) is 31.9 Å². The van der Waals surface area contributed by atoms with Crippen LogP contribution in [0, 0.1) is 11.8 Å². The minimum absolute atomic E-state index is 0.197. The molecule has 48 heavy (non-hydrogen) atoms. The van der Waals surface area contributed by atoms with Crippen LogP contribution in [0.5, 0.6) is 11.8 Å². The van der Waals surface area contributed by atoms with Crippen molar-refractivity contribution in [3.63, 3.8) is 0 Å². The van der Waals surface area contributed by atoms with Crippen LogP contribution >= 0.6 is 0 Å². The smallest absolute Gasteiger partial charge is 0.410 e. The van der Waals surface area contributed by atoms with E-state index in [1.54, 1.807) is 22.2 Å². The summed E-state index contributed by atoms with van der Waals surface area (Å²) in [5.41, 5.74) is 4.42. The van der Waals surface area contributed by atoms with Crippen molar-refractivity contribution < 1.29 is 19.0 Å². The summed E-state index contributed by atoms with van der Waals surface area (Å²) in [6.07, 6.45) is -0.250. The first-order valence-electron chi connectivity index (χ1n) is 16.4. The minimum atomic E-state index is -0.522. The number of imidazole rings is 1. The molecule has 0 bridgehead atoms. The second kappa shape index (κ2) is 12.7. The van der Waals surface area contributed by atoms with Gasteiger partial charge in [-0.15, -0.1) is 0 Å². The van der Waals surface area contributed by atoms with Gasteiger partial charge in [-0.1, -0.05) is 66.7 Å². The maximum absolute atomic E-state index is 14.0. The first kappa shape index (κ1) is 31.4. The molecule has 2 aliphatic rings. The van der Waals surface area contributed by atoms with E-state index in [1.165, 1.54) is 0 Å². The highest BCUT2D eigenvalue weighted by molar-refractivity contribution is 5.91. The first-order valence-corrected chi connectivity index (χ1v) is 16.4. The molecule has 248 valence electrons. The highest BCUT2D eigenvalue weighted by Crippen LogP contribution is 2.38. The van der Waals surface area contributed by atoms with Crippen molar-refractivity contribution in [2.24, 2.45) is 18.9 Å². The van der Waals surface area contributed by atoms with Crippen molar-refractivity contribution in [1.29, 1.82) is 0 Å². The number of anilines is 1. The Bertz CT molecular complexity index is 1970. The average molecular weight is 648 g/mol. The van der Waals surface area contributed by atoms with Crippen LogP contribution in [0.3, 0.4) is 0 Å². The number of ether oxygens (including phenoxy) is 3. The summed E-state index contributed by atoms with van der Waals surface area (Å²) in [6, 6.07) is 29.4. The fourth-order valence-electron chi connectivity index (χ4n) is 6.78. The van der Waals surface area contributed by atoms with E-state index in [9.17, 15) is 9.59 Å². The zero-order valence-corrected chi connectivity index (χ0v) is 27.8. The molecule has 2 aromatic heterocycles. The number of aryl methyl sites for hydroxylation is 1. The van der Waals surface area contributed by atoms with Gasteiger partial charge in [-0.25, -0.2) is 9.59 Å². The van der Waals surface area contributed by atoms with Gasteiger partial charge in [0.1, 0.15) is 24.5 Å². The fraction of sp³-hybridized carbons (Fsp3) is 0.342. The van der Waals surface area contributed by atoms with Gasteiger partial charge in [-0.3, -0.25) is 9.13 Å². The quantitative estimate of drug-likeness (QED) is 0.199. The van der Waals surface area contributed by atoms with Gasteiger partial charge in [0, 0.05) is 51.1 Å². The molecule has 10 nitrogen and oxygen atoms in total. The number of aromatic nitrogens is 3. The van der Waals surface area contributed by atoms with E-state index in [4.69, 9.17) is 19.2 Å². The van der Waals surface area contributed by atoms with Crippen molar-refractivity contribution in [1.82, 2.24) is 19.0 Å². The molecule has 7 rings (SSSR count). The third kappa shape index (κ3) is 6.34. The predicted octanol–water partition coefficient (Wildman–Crippen LogP) is 6.19. The molecular formula is C38H41N5O5. The highest BCUT2D eigenvalue weighted by atomic mass is 16.6. The summed E-state index contributed by atoms with van der Waals surface area (Å²) in [5, 5.41) is 0. The van der Waals surface area contributed by atoms with E-state index in [0.717, 1.165) is 40.9 Å². The lowest BCUT2D eigenvalue weighted by Gasteiger charge is -2.26. The number of hydrogen-bond acceptors (Lipinski definition) is 7. The van der Waals surface area contributed by atoms with Crippen LogP contribution in [0.2, 0.25) is 0 Å². The van der Waals surface area contributed by atoms with Crippen molar-refractivity contribution >= 4 is 22.8 Å². The second-order valence-electron chi connectivity index (χ2n) is 13.7. The number of carbonyl (C=O) groups excluding carboxylic acids is 1. The van der Waals surface area contributed by atoms with E-state index >= 15 is 0 Å². The van der Waals surface area contributed by atoms with E-state index in [2.05, 4.69) is 11.0 Å². The molecule has 2 unspecified atom stereocenters. The molecule has 3 aromatic carbocycles. The maximum atomic E-state index is 14.0. The maximum Gasteiger partial charge on any atom is 0.410 e. The van der Waals surface area contributed by atoms with Gasteiger partial charge >= 0.3 is 11.8 Å². The average Bonchev–Trinajstić information content (AvgIpc) is 3.74. The van der Waals surface area contributed by atoms with E-state index in [-0.39, 0.29) is 18.4 Å². The summed E-state index contributed by atoms with van der Waals surface area (Å²) >= 11 is 0. The second-order valence-corrected chi connectivity index (χ2v) is 13.7. The Morgan fingerprint density at radius 3 is 2.02 bits per heavy atom. The number of pyridine rings is 1. The van der Waals surface area contributed by atoms with Crippen molar-refractivity contribution in [3.05, 3.63) is 113 Å². The Morgan fingerprint density at radius 2 is 1.40 bits per heavy atom. The Hall–Kier alpha value is -5.25. The molecule has 0 saturated carbocycles. The van der Waals surface area contributed by atoms with Gasteiger partial charge in [-0.05, 0) is 50.1 Å². The summed E-state index contributed by atoms with van der Waals surface area (Å²) in [4.78, 5) is 35.7. The molecule has 0 N–H and O–H groups in total. The highest BCUT2D eigenvalue weighted by Gasteiger charge is 2.43. The fourth-order valence-corrected chi connectivity index (χ4v) is 6.78.